The highest BCUT2D eigenvalue weighted by Crippen LogP contribution is 2.28. The molecule has 0 radical (unpaired) electrons. The first-order chi connectivity index (χ1) is 8.97. The van der Waals surface area contributed by atoms with Gasteiger partial charge in [0.25, 0.3) is 0 Å². The Kier molecular flexibility index (Phi) is 5.05. The second-order valence-corrected chi connectivity index (χ2v) is 7.93. The quantitative estimate of drug-likeness (QED) is 0.818. The van der Waals surface area contributed by atoms with Gasteiger partial charge in [0.1, 0.15) is 4.90 Å². The number of benzene rings is 1. The van der Waals surface area contributed by atoms with E-state index in [1.54, 1.807) is 0 Å². The van der Waals surface area contributed by atoms with Gasteiger partial charge < -0.3 is 5.73 Å². The molecule has 0 aliphatic carbocycles. The van der Waals surface area contributed by atoms with E-state index >= 15 is 0 Å². The molecule has 114 valence electrons. The summed E-state index contributed by atoms with van der Waals surface area (Å²) >= 11 is 5.62. The number of halogens is 2. The van der Waals surface area contributed by atoms with Crippen molar-refractivity contribution in [3.05, 3.63) is 23.0 Å². The number of nitrogens with two attached hydrogens (primary N) is 1. The van der Waals surface area contributed by atoms with Crippen molar-refractivity contribution in [2.75, 3.05) is 12.3 Å². The highest BCUT2D eigenvalue weighted by Gasteiger charge is 2.27. The number of anilines is 1. The van der Waals surface area contributed by atoms with Crippen molar-refractivity contribution in [1.82, 2.24) is 4.72 Å². The van der Waals surface area contributed by atoms with Gasteiger partial charge in [-0.05, 0) is 23.5 Å². The van der Waals surface area contributed by atoms with Crippen LogP contribution >= 0.6 is 11.6 Å². The second kappa shape index (κ2) is 5.87. The van der Waals surface area contributed by atoms with Crippen LogP contribution in [0.4, 0.5) is 10.1 Å². The fourth-order valence-corrected chi connectivity index (χ4v) is 2.98. The van der Waals surface area contributed by atoms with Crippen LogP contribution in [0.1, 0.15) is 27.7 Å². The van der Waals surface area contributed by atoms with Crippen LogP contribution in [0.3, 0.4) is 0 Å². The first kappa shape index (κ1) is 17.2. The number of nitrogens with one attached hydrogen (secondary N) is 1. The lowest BCUT2D eigenvalue weighted by Gasteiger charge is -2.29. The molecule has 1 aromatic carbocycles. The molecule has 0 fully saturated rings. The third-order valence-electron chi connectivity index (χ3n) is 3.59. The third kappa shape index (κ3) is 3.84. The fraction of sp³-hybridized carbons (Fsp3) is 0.538. The van der Waals surface area contributed by atoms with E-state index in [0.717, 1.165) is 6.07 Å². The smallest absolute Gasteiger partial charge is 0.243 e. The van der Waals surface area contributed by atoms with E-state index in [0.29, 0.717) is 0 Å². The van der Waals surface area contributed by atoms with Crippen LogP contribution in [-0.4, -0.2) is 15.0 Å². The van der Waals surface area contributed by atoms with Crippen molar-refractivity contribution in [1.29, 1.82) is 0 Å². The average Bonchev–Trinajstić information content (AvgIpc) is 2.31. The summed E-state index contributed by atoms with van der Waals surface area (Å²) in [5.41, 5.74) is 5.35. The molecule has 4 nitrogen and oxygen atoms in total. The normalized spacial score (nSPS) is 12.9. The summed E-state index contributed by atoms with van der Waals surface area (Å²) in [4.78, 5) is -0.526. The number of hydrogen-bond acceptors (Lipinski definition) is 3. The van der Waals surface area contributed by atoms with Crippen LogP contribution in [0.25, 0.3) is 0 Å². The molecule has 0 spiro atoms. The summed E-state index contributed by atoms with van der Waals surface area (Å²) in [6.07, 6.45) is 0. The molecule has 0 aromatic heterocycles. The van der Waals surface area contributed by atoms with Crippen molar-refractivity contribution >= 4 is 27.3 Å². The van der Waals surface area contributed by atoms with Gasteiger partial charge >= 0.3 is 0 Å². The van der Waals surface area contributed by atoms with Crippen molar-refractivity contribution in [2.45, 2.75) is 32.6 Å². The lowest BCUT2D eigenvalue weighted by molar-refractivity contribution is 0.252. The summed E-state index contributed by atoms with van der Waals surface area (Å²) in [6, 6.07) is 2.24. The zero-order chi connectivity index (χ0) is 15.7. The molecule has 7 heteroatoms. The van der Waals surface area contributed by atoms with Gasteiger partial charge in [0.15, 0.2) is 5.82 Å². The molecule has 0 amide bonds. The molecule has 0 saturated heterocycles. The van der Waals surface area contributed by atoms with E-state index in [1.165, 1.54) is 6.07 Å². The minimum absolute atomic E-state index is 0.0971. The molecule has 0 unspecified atom stereocenters. The summed E-state index contributed by atoms with van der Waals surface area (Å²) in [5, 5.41) is -0.312. The second-order valence-electron chi connectivity index (χ2n) is 5.78. The lowest BCUT2D eigenvalue weighted by Crippen LogP contribution is -2.37. The van der Waals surface area contributed by atoms with Crippen LogP contribution < -0.4 is 10.5 Å². The summed E-state index contributed by atoms with van der Waals surface area (Å²) in [6.45, 7) is 8.04. The zero-order valence-electron chi connectivity index (χ0n) is 12.0. The molecule has 0 aliphatic rings. The SMILES string of the molecule is CC(C)C(C)(C)CNS(=O)(=O)c1cc(N)cc(Cl)c1F. The fourth-order valence-electron chi connectivity index (χ4n) is 1.34. The number of sulfonamides is 1. The molecule has 0 saturated carbocycles. The van der Waals surface area contributed by atoms with E-state index in [9.17, 15) is 12.8 Å². The Labute approximate surface area is 124 Å². The Hall–Kier alpha value is -0.850. The van der Waals surface area contributed by atoms with Crippen molar-refractivity contribution < 1.29 is 12.8 Å². The maximum Gasteiger partial charge on any atom is 0.243 e. The van der Waals surface area contributed by atoms with Gasteiger partial charge in [0.2, 0.25) is 10.0 Å². The molecular formula is C13H20ClFN2O2S. The highest BCUT2D eigenvalue weighted by molar-refractivity contribution is 7.89. The maximum atomic E-state index is 13.8. The predicted molar refractivity (Wildman–Crippen MR) is 79.6 cm³/mol. The van der Waals surface area contributed by atoms with Crippen molar-refractivity contribution in [3.63, 3.8) is 0 Å². The van der Waals surface area contributed by atoms with Gasteiger partial charge in [-0.25, -0.2) is 17.5 Å². The molecule has 0 heterocycles. The first-order valence-electron chi connectivity index (χ1n) is 6.21. The lowest BCUT2D eigenvalue weighted by atomic mass is 9.81. The number of nitrogen functional groups attached to an aromatic ring is 1. The zero-order valence-corrected chi connectivity index (χ0v) is 13.6. The van der Waals surface area contributed by atoms with Gasteiger partial charge in [-0.15, -0.1) is 0 Å². The van der Waals surface area contributed by atoms with Gasteiger partial charge in [0, 0.05) is 12.2 Å². The minimum Gasteiger partial charge on any atom is -0.399 e. The van der Waals surface area contributed by atoms with E-state index in [1.807, 2.05) is 27.7 Å². The summed E-state index contributed by atoms with van der Waals surface area (Å²) in [7, 11) is -3.99. The van der Waals surface area contributed by atoms with E-state index in [-0.39, 0.29) is 28.6 Å². The van der Waals surface area contributed by atoms with E-state index in [2.05, 4.69) is 4.72 Å². The maximum absolute atomic E-state index is 13.8. The Morgan fingerprint density at radius 1 is 1.40 bits per heavy atom. The summed E-state index contributed by atoms with van der Waals surface area (Å²) < 4.78 is 40.6. The molecular weight excluding hydrogens is 303 g/mol. The molecule has 1 aromatic rings. The average molecular weight is 323 g/mol. The highest BCUT2D eigenvalue weighted by atomic mass is 35.5. The molecule has 1 rings (SSSR count). The van der Waals surface area contributed by atoms with Crippen molar-refractivity contribution in [3.8, 4) is 0 Å². The largest absolute Gasteiger partial charge is 0.399 e. The standard InChI is InChI=1S/C13H20ClFN2O2S/c1-8(2)13(3,4)7-17-20(18,19)11-6-9(16)5-10(14)12(11)15/h5-6,8,17H,7,16H2,1-4H3. The minimum atomic E-state index is -3.99. The molecule has 0 atom stereocenters. The molecule has 0 aliphatic heterocycles. The molecule has 3 N–H and O–H groups in total. The summed E-state index contributed by atoms with van der Waals surface area (Å²) in [5.74, 6) is -0.727. The predicted octanol–water partition coefficient (Wildman–Crippen LogP) is 3.02. The Morgan fingerprint density at radius 2 is 1.95 bits per heavy atom. The van der Waals surface area contributed by atoms with Crippen molar-refractivity contribution in [2.24, 2.45) is 11.3 Å². The van der Waals surface area contributed by atoms with E-state index < -0.39 is 20.7 Å². The third-order valence-corrected chi connectivity index (χ3v) is 5.26. The topological polar surface area (TPSA) is 72.2 Å². The Morgan fingerprint density at radius 3 is 2.45 bits per heavy atom. The van der Waals surface area contributed by atoms with Crippen LogP contribution in [0.2, 0.25) is 5.02 Å². The monoisotopic (exact) mass is 322 g/mol. The number of hydrogen-bond donors (Lipinski definition) is 2. The first-order valence-corrected chi connectivity index (χ1v) is 8.07. The van der Waals surface area contributed by atoms with Crippen LogP contribution in [0.5, 0.6) is 0 Å². The van der Waals surface area contributed by atoms with Crippen LogP contribution in [0, 0.1) is 17.2 Å². The van der Waals surface area contributed by atoms with Gasteiger partial charge in [-0.3, -0.25) is 0 Å². The Balaban J connectivity index is 3.07. The number of rotatable bonds is 5. The van der Waals surface area contributed by atoms with Crippen LogP contribution in [-0.2, 0) is 10.0 Å². The Bertz CT molecular complexity index is 601. The van der Waals surface area contributed by atoms with Gasteiger partial charge in [0.05, 0.1) is 5.02 Å². The molecule has 20 heavy (non-hydrogen) atoms. The molecule has 0 bridgehead atoms. The van der Waals surface area contributed by atoms with Crippen LogP contribution in [0.15, 0.2) is 17.0 Å². The van der Waals surface area contributed by atoms with Gasteiger partial charge in [-0.2, -0.15) is 0 Å². The van der Waals surface area contributed by atoms with E-state index in [4.69, 9.17) is 17.3 Å². The van der Waals surface area contributed by atoms with Gasteiger partial charge in [-0.1, -0.05) is 39.3 Å².